The van der Waals surface area contributed by atoms with Gasteiger partial charge in [0.1, 0.15) is 0 Å². The third-order valence-electron chi connectivity index (χ3n) is 2.31. The summed E-state index contributed by atoms with van der Waals surface area (Å²) in [7, 11) is 1.49. The van der Waals surface area contributed by atoms with E-state index in [1.807, 2.05) is 0 Å². The summed E-state index contributed by atoms with van der Waals surface area (Å²) in [4.78, 5) is 11.7. The van der Waals surface area contributed by atoms with Crippen molar-refractivity contribution in [3.8, 4) is 5.75 Å². The highest BCUT2D eigenvalue weighted by atomic mass is 35.5. The van der Waals surface area contributed by atoms with Crippen LogP contribution in [0.15, 0.2) is 12.1 Å². The van der Waals surface area contributed by atoms with Crippen LogP contribution in [0.3, 0.4) is 0 Å². The molecule has 0 heterocycles. The molecule has 18 heavy (non-hydrogen) atoms. The van der Waals surface area contributed by atoms with Crippen molar-refractivity contribution < 1.29 is 14.6 Å². The summed E-state index contributed by atoms with van der Waals surface area (Å²) in [5, 5.41) is 12.1. The number of benzene rings is 1. The first-order valence-electron chi connectivity index (χ1n) is 5.18. The number of halogens is 2. The molecule has 0 aromatic heterocycles. The number of methoxy groups -OCH3 is 1. The van der Waals surface area contributed by atoms with Crippen LogP contribution in [-0.4, -0.2) is 30.8 Å². The minimum absolute atomic E-state index is 0.0694. The standard InChI is InChI=1S/C11H14Cl2N2O3/c1-18-7(5-14)4-10(16)15-6-2-8(12)11(17)9(13)3-6/h2-3,7,17H,4-5,14H2,1H3,(H,15,16). The average Bonchev–Trinajstić information content (AvgIpc) is 2.32. The van der Waals surface area contributed by atoms with Gasteiger partial charge in [-0.2, -0.15) is 0 Å². The molecular weight excluding hydrogens is 279 g/mol. The van der Waals surface area contributed by atoms with E-state index in [0.717, 1.165) is 0 Å². The van der Waals surface area contributed by atoms with Gasteiger partial charge >= 0.3 is 0 Å². The number of hydrogen-bond donors (Lipinski definition) is 3. The number of nitrogens with two attached hydrogens (primary N) is 1. The number of anilines is 1. The number of nitrogens with one attached hydrogen (secondary N) is 1. The smallest absolute Gasteiger partial charge is 0.227 e. The van der Waals surface area contributed by atoms with Crippen molar-refractivity contribution in [3.05, 3.63) is 22.2 Å². The van der Waals surface area contributed by atoms with Crippen LogP contribution in [0, 0.1) is 0 Å². The van der Waals surface area contributed by atoms with Gasteiger partial charge in [0.15, 0.2) is 5.75 Å². The van der Waals surface area contributed by atoms with Crippen molar-refractivity contribution in [1.29, 1.82) is 0 Å². The Bertz CT molecular complexity index is 413. The van der Waals surface area contributed by atoms with Crippen LogP contribution in [0.1, 0.15) is 6.42 Å². The second kappa shape index (κ2) is 6.80. The van der Waals surface area contributed by atoms with E-state index in [-0.39, 0.29) is 40.8 Å². The van der Waals surface area contributed by atoms with Crippen LogP contribution in [0.25, 0.3) is 0 Å². The molecule has 0 aliphatic rings. The van der Waals surface area contributed by atoms with E-state index in [1.54, 1.807) is 0 Å². The fourth-order valence-electron chi connectivity index (χ4n) is 1.32. The summed E-state index contributed by atoms with van der Waals surface area (Å²) >= 11 is 11.5. The monoisotopic (exact) mass is 292 g/mol. The third-order valence-corrected chi connectivity index (χ3v) is 2.89. The molecule has 0 saturated heterocycles. The summed E-state index contributed by atoms with van der Waals surface area (Å²) < 4.78 is 5.00. The molecule has 0 aliphatic heterocycles. The van der Waals surface area contributed by atoms with E-state index in [9.17, 15) is 9.90 Å². The Morgan fingerprint density at radius 2 is 2.06 bits per heavy atom. The lowest BCUT2D eigenvalue weighted by Crippen LogP contribution is -2.28. The van der Waals surface area contributed by atoms with Gasteiger partial charge in [0.2, 0.25) is 5.91 Å². The molecule has 0 bridgehead atoms. The molecule has 0 spiro atoms. The molecule has 0 aliphatic carbocycles. The zero-order valence-electron chi connectivity index (χ0n) is 9.74. The summed E-state index contributed by atoms with van der Waals surface area (Å²) in [5.41, 5.74) is 5.82. The minimum atomic E-state index is -0.340. The number of phenols is 1. The number of hydrogen-bond acceptors (Lipinski definition) is 4. The van der Waals surface area contributed by atoms with Gasteiger partial charge in [0.05, 0.1) is 22.6 Å². The summed E-state index contributed by atoms with van der Waals surface area (Å²) in [5.74, 6) is -0.488. The lowest BCUT2D eigenvalue weighted by Gasteiger charge is -2.13. The zero-order chi connectivity index (χ0) is 13.7. The number of rotatable bonds is 5. The third kappa shape index (κ3) is 4.03. The average molecular weight is 293 g/mol. The van der Waals surface area contributed by atoms with E-state index in [4.69, 9.17) is 33.7 Å². The normalized spacial score (nSPS) is 12.2. The van der Waals surface area contributed by atoms with Crippen molar-refractivity contribution in [2.45, 2.75) is 12.5 Å². The molecule has 0 fully saturated rings. The van der Waals surface area contributed by atoms with Gasteiger partial charge in [0, 0.05) is 19.3 Å². The van der Waals surface area contributed by atoms with Gasteiger partial charge < -0.3 is 20.9 Å². The fourth-order valence-corrected chi connectivity index (χ4v) is 1.81. The maximum Gasteiger partial charge on any atom is 0.227 e. The first kappa shape index (κ1) is 15.0. The number of aromatic hydroxyl groups is 1. The van der Waals surface area contributed by atoms with Gasteiger partial charge in [-0.05, 0) is 12.1 Å². The van der Waals surface area contributed by atoms with Crippen LogP contribution < -0.4 is 11.1 Å². The maximum absolute atomic E-state index is 11.7. The molecule has 0 radical (unpaired) electrons. The lowest BCUT2D eigenvalue weighted by molar-refractivity contribution is -0.118. The Labute approximate surface area is 115 Å². The Morgan fingerprint density at radius 1 is 1.50 bits per heavy atom. The van der Waals surface area contributed by atoms with Gasteiger partial charge in [-0.1, -0.05) is 23.2 Å². The molecule has 1 atom stereocenters. The molecule has 7 heteroatoms. The quantitative estimate of drug-likeness (QED) is 0.725. The predicted octanol–water partition coefficient (Wildman–Crippen LogP) is 2.00. The second-order valence-corrected chi connectivity index (χ2v) is 4.45. The highest BCUT2D eigenvalue weighted by Gasteiger charge is 2.13. The Kier molecular flexibility index (Phi) is 5.68. The van der Waals surface area contributed by atoms with Crippen molar-refractivity contribution in [2.75, 3.05) is 19.0 Å². The topological polar surface area (TPSA) is 84.6 Å². The Hall–Kier alpha value is -1.01. The molecule has 1 aromatic rings. The molecule has 5 nitrogen and oxygen atoms in total. The van der Waals surface area contributed by atoms with Gasteiger partial charge in [0.25, 0.3) is 0 Å². The summed E-state index contributed by atoms with van der Waals surface area (Å²) in [6.45, 7) is 0.251. The van der Waals surface area contributed by atoms with Crippen LogP contribution in [0.2, 0.25) is 10.0 Å². The molecule has 1 unspecified atom stereocenters. The van der Waals surface area contributed by atoms with Crippen LogP contribution in [0.5, 0.6) is 5.75 Å². The SMILES string of the molecule is COC(CN)CC(=O)Nc1cc(Cl)c(O)c(Cl)c1. The number of amides is 1. The van der Waals surface area contributed by atoms with E-state index < -0.39 is 0 Å². The van der Waals surface area contributed by atoms with Crippen LogP contribution in [0.4, 0.5) is 5.69 Å². The molecule has 0 saturated carbocycles. The van der Waals surface area contributed by atoms with Crippen LogP contribution >= 0.6 is 23.2 Å². The highest BCUT2D eigenvalue weighted by molar-refractivity contribution is 6.37. The lowest BCUT2D eigenvalue weighted by atomic mass is 10.2. The summed E-state index contributed by atoms with van der Waals surface area (Å²) in [6, 6.07) is 2.82. The molecule has 1 rings (SSSR count). The van der Waals surface area contributed by atoms with E-state index in [2.05, 4.69) is 5.32 Å². The van der Waals surface area contributed by atoms with Crippen molar-refractivity contribution in [1.82, 2.24) is 0 Å². The van der Waals surface area contributed by atoms with Crippen LogP contribution in [-0.2, 0) is 9.53 Å². The molecule has 4 N–H and O–H groups in total. The zero-order valence-corrected chi connectivity index (χ0v) is 11.3. The van der Waals surface area contributed by atoms with Crippen molar-refractivity contribution in [3.63, 3.8) is 0 Å². The van der Waals surface area contributed by atoms with E-state index in [1.165, 1.54) is 19.2 Å². The Morgan fingerprint density at radius 3 is 2.50 bits per heavy atom. The van der Waals surface area contributed by atoms with Crippen molar-refractivity contribution >= 4 is 34.8 Å². The highest BCUT2D eigenvalue weighted by Crippen LogP contribution is 2.34. The predicted molar refractivity (Wildman–Crippen MR) is 71.2 cm³/mol. The van der Waals surface area contributed by atoms with Gasteiger partial charge in [-0.3, -0.25) is 4.79 Å². The number of carbonyl (C=O) groups is 1. The molecule has 1 aromatic carbocycles. The van der Waals surface area contributed by atoms with Gasteiger partial charge in [-0.25, -0.2) is 0 Å². The molecule has 1 amide bonds. The number of phenolic OH excluding ortho intramolecular Hbond substituents is 1. The number of carbonyl (C=O) groups excluding carboxylic acids is 1. The second-order valence-electron chi connectivity index (χ2n) is 3.63. The molecule has 100 valence electrons. The maximum atomic E-state index is 11.7. The van der Waals surface area contributed by atoms with Gasteiger partial charge in [-0.15, -0.1) is 0 Å². The first-order chi connectivity index (χ1) is 8.47. The molecular formula is C11H14Cl2N2O3. The Balaban J connectivity index is 2.70. The van der Waals surface area contributed by atoms with E-state index >= 15 is 0 Å². The summed E-state index contributed by atoms with van der Waals surface area (Å²) in [6.07, 6.45) is -0.212. The number of ether oxygens (including phenoxy) is 1. The minimum Gasteiger partial charge on any atom is -0.505 e. The van der Waals surface area contributed by atoms with E-state index in [0.29, 0.717) is 5.69 Å². The first-order valence-corrected chi connectivity index (χ1v) is 5.94. The fraction of sp³-hybridized carbons (Fsp3) is 0.364. The largest absolute Gasteiger partial charge is 0.505 e. The van der Waals surface area contributed by atoms with Crippen molar-refractivity contribution in [2.24, 2.45) is 5.73 Å².